The highest BCUT2D eigenvalue weighted by Gasteiger charge is 2.33. The Bertz CT molecular complexity index is 1370. The van der Waals surface area contributed by atoms with Gasteiger partial charge < -0.3 is 19.4 Å². The predicted molar refractivity (Wildman–Crippen MR) is 142 cm³/mol. The predicted octanol–water partition coefficient (Wildman–Crippen LogP) is 5.49. The molecule has 0 saturated heterocycles. The fourth-order valence-corrected chi connectivity index (χ4v) is 5.13. The number of rotatable bonds is 8. The molecule has 37 heavy (non-hydrogen) atoms. The summed E-state index contributed by atoms with van der Waals surface area (Å²) in [5.41, 5.74) is 3.52. The number of hydrogen-bond donors (Lipinski definition) is 1. The molecule has 0 radical (unpaired) electrons. The van der Waals surface area contributed by atoms with Crippen molar-refractivity contribution in [1.82, 2.24) is 15.2 Å². The first-order chi connectivity index (χ1) is 18.0. The van der Waals surface area contributed by atoms with Crippen LogP contribution in [0.1, 0.15) is 62.6 Å². The number of nitrogens with zero attached hydrogens (tertiary/aromatic N) is 2. The maximum atomic E-state index is 13.4. The minimum atomic E-state index is -0.265. The normalized spacial score (nSPS) is 14.9. The number of thiophene rings is 1. The summed E-state index contributed by atoms with van der Waals surface area (Å²) in [5.74, 6) is 1.08. The van der Waals surface area contributed by atoms with Crippen molar-refractivity contribution in [3.63, 3.8) is 0 Å². The molecule has 7 nitrogen and oxygen atoms in total. The molecule has 8 heteroatoms. The highest BCUT2D eigenvalue weighted by atomic mass is 32.1. The standard InChI is InChI=1S/C29H29N3O4S/c1-19(2)16-30-28(33)24-17-36-26(31-24)18-35-22-11-10-20-12-13-32(29(34)25-9-6-14-37-25)27(23(20)15-22)21-7-4-3-5-8-21/h3-11,14-15,17,19,27H,12-13,16,18H2,1-2H3,(H,30,33). The van der Waals surface area contributed by atoms with E-state index < -0.39 is 0 Å². The number of amides is 2. The van der Waals surface area contributed by atoms with Crippen molar-refractivity contribution in [1.29, 1.82) is 0 Å². The molecule has 2 amide bonds. The Labute approximate surface area is 220 Å². The molecule has 0 bridgehead atoms. The van der Waals surface area contributed by atoms with Gasteiger partial charge in [-0.1, -0.05) is 56.3 Å². The summed E-state index contributed by atoms with van der Waals surface area (Å²) in [4.78, 5) is 32.6. The van der Waals surface area contributed by atoms with Crippen LogP contribution in [0, 0.1) is 5.92 Å². The van der Waals surface area contributed by atoms with E-state index in [0.29, 0.717) is 30.6 Å². The van der Waals surface area contributed by atoms with Gasteiger partial charge in [-0.3, -0.25) is 9.59 Å². The molecule has 1 N–H and O–H groups in total. The van der Waals surface area contributed by atoms with E-state index in [4.69, 9.17) is 9.15 Å². The molecule has 2 aromatic heterocycles. The molecule has 0 saturated carbocycles. The first-order valence-electron chi connectivity index (χ1n) is 12.4. The first-order valence-corrected chi connectivity index (χ1v) is 13.2. The van der Waals surface area contributed by atoms with Gasteiger partial charge >= 0.3 is 0 Å². The van der Waals surface area contributed by atoms with Crippen molar-refractivity contribution in [2.45, 2.75) is 32.9 Å². The van der Waals surface area contributed by atoms with Gasteiger partial charge in [0.2, 0.25) is 5.89 Å². The summed E-state index contributed by atoms with van der Waals surface area (Å²) in [6.45, 7) is 5.36. The van der Waals surface area contributed by atoms with Crippen LogP contribution in [-0.4, -0.2) is 34.8 Å². The van der Waals surface area contributed by atoms with Crippen LogP contribution in [0.25, 0.3) is 0 Å². The van der Waals surface area contributed by atoms with Crippen LogP contribution in [-0.2, 0) is 13.0 Å². The molecule has 1 atom stereocenters. The van der Waals surface area contributed by atoms with Gasteiger partial charge in [0.15, 0.2) is 12.3 Å². The van der Waals surface area contributed by atoms with Gasteiger partial charge in [0, 0.05) is 13.1 Å². The quantitative estimate of drug-likeness (QED) is 0.336. The van der Waals surface area contributed by atoms with E-state index in [0.717, 1.165) is 22.4 Å². The zero-order valence-corrected chi connectivity index (χ0v) is 21.7. The minimum absolute atomic E-state index is 0.0314. The smallest absolute Gasteiger partial charge is 0.273 e. The van der Waals surface area contributed by atoms with Crippen LogP contribution >= 0.6 is 11.3 Å². The summed E-state index contributed by atoms with van der Waals surface area (Å²) < 4.78 is 11.5. The van der Waals surface area contributed by atoms with Crippen LogP contribution in [0.5, 0.6) is 5.75 Å². The SMILES string of the molecule is CC(C)CNC(=O)c1coc(COc2ccc3c(c2)C(c2ccccc2)N(C(=O)c2cccs2)CC3)n1. The van der Waals surface area contributed by atoms with Gasteiger partial charge in [0.25, 0.3) is 11.8 Å². The summed E-state index contributed by atoms with van der Waals surface area (Å²) in [5, 5.41) is 4.76. The largest absolute Gasteiger partial charge is 0.484 e. The molecule has 1 unspecified atom stereocenters. The number of ether oxygens (including phenoxy) is 1. The van der Waals surface area contributed by atoms with Gasteiger partial charge in [-0.15, -0.1) is 11.3 Å². The molecule has 5 rings (SSSR count). The second-order valence-corrected chi connectivity index (χ2v) is 10.4. The second kappa shape index (κ2) is 11.0. The van der Waals surface area contributed by atoms with Crippen molar-refractivity contribution >= 4 is 23.2 Å². The second-order valence-electron chi connectivity index (χ2n) is 9.42. The highest BCUT2D eigenvalue weighted by Crippen LogP contribution is 2.38. The zero-order chi connectivity index (χ0) is 25.8. The number of aromatic nitrogens is 1. The number of nitrogens with one attached hydrogen (secondary N) is 1. The fraction of sp³-hybridized carbons (Fsp3) is 0.276. The fourth-order valence-electron chi connectivity index (χ4n) is 4.45. The third kappa shape index (κ3) is 5.59. The maximum absolute atomic E-state index is 13.4. The summed E-state index contributed by atoms with van der Waals surface area (Å²) in [6, 6.07) is 19.6. The Hall–Kier alpha value is -3.91. The summed E-state index contributed by atoms with van der Waals surface area (Å²) >= 11 is 1.46. The molecular formula is C29H29N3O4S. The number of carbonyl (C=O) groups excluding carboxylic acids is 2. The van der Waals surface area contributed by atoms with Crippen LogP contribution in [0.15, 0.2) is 76.7 Å². The lowest BCUT2D eigenvalue weighted by atomic mass is 9.88. The monoisotopic (exact) mass is 515 g/mol. The first kappa shape index (κ1) is 24.8. The van der Waals surface area contributed by atoms with Crippen molar-refractivity contribution in [2.75, 3.05) is 13.1 Å². The number of fused-ring (bicyclic) bond motifs is 1. The average molecular weight is 516 g/mol. The minimum Gasteiger partial charge on any atom is -0.484 e. The number of carbonyl (C=O) groups is 2. The molecule has 0 aliphatic carbocycles. The molecule has 2 aromatic carbocycles. The highest BCUT2D eigenvalue weighted by molar-refractivity contribution is 7.12. The van der Waals surface area contributed by atoms with Crippen LogP contribution < -0.4 is 10.1 Å². The number of benzene rings is 2. The zero-order valence-electron chi connectivity index (χ0n) is 20.8. The average Bonchev–Trinajstić information content (AvgIpc) is 3.63. The van der Waals surface area contributed by atoms with Gasteiger partial charge in [-0.05, 0) is 52.6 Å². The van der Waals surface area contributed by atoms with Gasteiger partial charge in [-0.25, -0.2) is 4.98 Å². The number of oxazole rings is 1. The lowest BCUT2D eigenvalue weighted by Gasteiger charge is -2.37. The van der Waals surface area contributed by atoms with E-state index in [1.807, 2.05) is 66.6 Å². The Morgan fingerprint density at radius 3 is 2.76 bits per heavy atom. The molecular weight excluding hydrogens is 486 g/mol. The molecule has 1 aliphatic heterocycles. The van der Waals surface area contributed by atoms with E-state index in [-0.39, 0.29) is 30.2 Å². The lowest BCUT2D eigenvalue weighted by molar-refractivity contribution is 0.0699. The van der Waals surface area contributed by atoms with Gasteiger partial charge in [0.1, 0.15) is 12.0 Å². The molecule has 1 aliphatic rings. The van der Waals surface area contributed by atoms with E-state index in [1.165, 1.54) is 23.2 Å². The summed E-state index contributed by atoms with van der Waals surface area (Å²) in [6.07, 6.45) is 2.12. The van der Waals surface area contributed by atoms with Crippen LogP contribution in [0.4, 0.5) is 0 Å². The Kier molecular flexibility index (Phi) is 7.37. The molecule has 3 heterocycles. The van der Waals surface area contributed by atoms with Crippen molar-refractivity contribution in [2.24, 2.45) is 5.92 Å². The van der Waals surface area contributed by atoms with Crippen molar-refractivity contribution in [3.8, 4) is 5.75 Å². The van der Waals surface area contributed by atoms with Crippen molar-refractivity contribution < 1.29 is 18.7 Å². The lowest BCUT2D eigenvalue weighted by Crippen LogP contribution is -2.40. The molecule has 190 valence electrons. The number of hydrogen-bond acceptors (Lipinski definition) is 6. The maximum Gasteiger partial charge on any atom is 0.273 e. The Morgan fingerprint density at radius 2 is 2.00 bits per heavy atom. The van der Waals surface area contributed by atoms with Crippen molar-refractivity contribution in [3.05, 3.63) is 105 Å². The van der Waals surface area contributed by atoms with Gasteiger partial charge in [0.05, 0.1) is 10.9 Å². The third-order valence-corrected chi connectivity index (χ3v) is 7.13. The molecule has 0 spiro atoms. The van der Waals surface area contributed by atoms with E-state index in [2.05, 4.69) is 28.5 Å². The third-order valence-electron chi connectivity index (χ3n) is 6.27. The van der Waals surface area contributed by atoms with Crippen LogP contribution in [0.2, 0.25) is 0 Å². The topological polar surface area (TPSA) is 84.7 Å². The Balaban J connectivity index is 1.36. The van der Waals surface area contributed by atoms with E-state index in [9.17, 15) is 9.59 Å². The van der Waals surface area contributed by atoms with Gasteiger partial charge in [-0.2, -0.15) is 0 Å². The van der Waals surface area contributed by atoms with E-state index in [1.54, 1.807) is 0 Å². The molecule has 0 fully saturated rings. The molecule has 4 aromatic rings. The summed E-state index contributed by atoms with van der Waals surface area (Å²) in [7, 11) is 0. The van der Waals surface area contributed by atoms with Crippen LogP contribution in [0.3, 0.4) is 0 Å². The van der Waals surface area contributed by atoms with E-state index >= 15 is 0 Å². The Morgan fingerprint density at radius 1 is 1.16 bits per heavy atom.